The van der Waals surface area contributed by atoms with Gasteiger partial charge in [0.1, 0.15) is 0 Å². The Labute approximate surface area is 77.1 Å². The largest absolute Gasteiger partial charge is 0.288 e. The molecule has 64 valence electrons. The van der Waals surface area contributed by atoms with Gasteiger partial charge in [-0.3, -0.25) is 4.79 Å². The predicted octanol–water partition coefficient (Wildman–Crippen LogP) is 1.80. The molecule has 0 amide bonds. The molecule has 0 atom stereocenters. The summed E-state index contributed by atoms with van der Waals surface area (Å²) in [5, 5.41) is 7.66. The van der Waals surface area contributed by atoms with Crippen molar-refractivity contribution in [3.8, 4) is 12.3 Å². The molecule has 0 aromatic heterocycles. The minimum atomic E-state index is -0.329. The molecular weight excluding hydrogens is 172 g/mol. The summed E-state index contributed by atoms with van der Waals surface area (Å²) in [5.41, 5.74) is -0.329. The van der Waals surface area contributed by atoms with E-state index < -0.39 is 0 Å². The van der Waals surface area contributed by atoms with Gasteiger partial charge in [-0.1, -0.05) is 0 Å². The smallest absolute Gasteiger partial charge is 0.192 e. The molecule has 1 aliphatic heterocycles. The van der Waals surface area contributed by atoms with E-state index in [1.165, 1.54) is 0 Å². The zero-order chi connectivity index (χ0) is 9.03. The number of nitrogens with zero attached hydrogens (tertiary/aromatic N) is 2. The fourth-order valence-electron chi connectivity index (χ4n) is 0.975. The van der Waals surface area contributed by atoms with Crippen LogP contribution in [0.4, 0.5) is 0 Å². The Morgan fingerprint density at radius 1 is 1.50 bits per heavy atom. The molecule has 1 aliphatic rings. The lowest BCUT2D eigenvalue weighted by atomic mass is 10.0. The third-order valence-electron chi connectivity index (χ3n) is 1.79. The highest BCUT2D eigenvalue weighted by atomic mass is 32.1. The highest BCUT2D eigenvalue weighted by Crippen LogP contribution is 2.37. The van der Waals surface area contributed by atoms with Gasteiger partial charge < -0.3 is 0 Å². The van der Waals surface area contributed by atoms with Gasteiger partial charge >= 0.3 is 0 Å². The third kappa shape index (κ3) is 2.67. The van der Waals surface area contributed by atoms with Crippen LogP contribution in [0.2, 0.25) is 0 Å². The SMILES string of the molecule is C#CCCC1(CCC(=O)S)N=N1. The molecule has 1 heterocycles. The van der Waals surface area contributed by atoms with Gasteiger partial charge in [0.25, 0.3) is 0 Å². The quantitative estimate of drug-likeness (QED) is 0.511. The zero-order valence-corrected chi connectivity index (χ0v) is 7.55. The van der Waals surface area contributed by atoms with Crippen molar-refractivity contribution in [3.63, 3.8) is 0 Å². The van der Waals surface area contributed by atoms with Crippen LogP contribution in [0.1, 0.15) is 25.7 Å². The predicted molar refractivity (Wildman–Crippen MR) is 48.9 cm³/mol. The van der Waals surface area contributed by atoms with Crippen LogP contribution in [0.25, 0.3) is 0 Å². The van der Waals surface area contributed by atoms with Crippen molar-refractivity contribution in [1.82, 2.24) is 0 Å². The molecule has 1 rings (SSSR count). The average molecular weight is 182 g/mol. The van der Waals surface area contributed by atoms with Crippen molar-refractivity contribution in [1.29, 1.82) is 0 Å². The van der Waals surface area contributed by atoms with Crippen molar-refractivity contribution in [2.24, 2.45) is 10.2 Å². The lowest BCUT2D eigenvalue weighted by Gasteiger charge is -2.05. The first-order valence-corrected chi connectivity index (χ1v) is 4.23. The van der Waals surface area contributed by atoms with Gasteiger partial charge in [0.05, 0.1) is 0 Å². The number of thiol groups is 1. The van der Waals surface area contributed by atoms with Crippen LogP contribution in [0.15, 0.2) is 10.2 Å². The van der Waals surface area contributed by atoms with Crippen LogP contribution in [0.3, 0.4) is 0 Å². The summed E-state index contributed by atoms with van der Waals surface area (Å²) in [7, 11) is 0. The topological polar surface area (TPSA) is 41.8 Å². The molecule has 12 heavy (non-hydrogen) atoms. The van der Waals surface area contributed by atoms with E-state index >= 15 is 0 Å². The first-order chi connectivity index (χ1) is 5.68. The average Bonchev–Trinajstić information content (AvgIpc) is 2.79. The molecule has 0 radical (unpaired) electrons. The number of rotatable bonds is 5. The first-order valence-electron chi connectivity index (χ1n) is 3.78. The van der Waals surface area contributed by atoms with Gasteiger partial charge in [-0.2, -0.15) is 10.2 Å². The molecule has 0 saturated carbocycles. The van der Waals surface area contributed by atoms with E-state index in [9.17, 15) is 4.79 Å². The molecule has 3 nitrogen and oxygen atoms in total. The molecule has 0 unspecified atom stereocenters. The number of carbonyl (C=O) groups excluding carboxylic acids is 1. The second-order valence-electron chi connectivity index (χ2n) is 2.78. The van der Waals surface area contributed by atoms with Gasteiger partial charge in [0.15, 0.2) is 10.8 Å². The summed E-state index contributed by atoms with van der Waals surface area (Å²) < 4.78 is 0. The molecule has 0 aromatic carbocycles. The van der Waals surface area contributed by atoms with Crippen LogP contribution >= 0.6 is 12.6 Å². The summed E-state index contributed by atoms with van der Waals surface area (Å²) in [4.78, 5) is 10.5. The molecule has 0 aromatic rings. The monoisotopic (exact) mass is 182 g/mol. The fourth-order valence-corrected chi connectivity index (χ4v) is 1.09. The molecule has 0 fully saturated rings. The molecular formula is C8H10N2OS. The normalized spacial score (nSPS) is 17.0. The van der Waals surface area contributed by atoms with Crippen molar-refractivity contribution >= 4 is 17.7 Å². The maximum atomic E-state index is 10.5. The first kappa shape index (κ1) is 9.27. The summed E-state index contributed by atoms with van der Waals surface area (Å²) >= 11 is 3.67. The van der Waals surface area contributed by atoms with E-state index in [1.54, 1.807) is 0 Å². The maximum absolute atomic E-state index is 10.5. The molecule has 0 bridgehead atoms. The molecule has 0 saturated heterocycles. The van der Waals surface area contributed by atoms with Crippen molar-refractivity contribution in [3.05, 3.63) is 0 Å². The summed E-state index contributed by atoms with van der Waals surface area (Å²) in [6.07, 6.45) is 7.59. The Hall–Kier alpha value is -0.820. The lowest BCUT2D eigenvalue weighted by molar-refractivity contribution is -0.111. The lowest BCUT2D eigenvalue weighted by Crippen LogP contribution is -2.11. The molecule has 0 spiro atoms. The van der Waals surface area contributed by atoms with E-state index in [2.05, 4.69) is 28.8 Å². The maximum Gasteiger partial charge on any atom is 0.192 e. The molecule has 0 N–H and O–H groups in total. The summed E-state index contributed by atoms with van der Waals surface area (Å²) in [6, 6.07) is 0. The third-order valence-corrected chi connectivity index (χ3v) is 2.02. The van der Waals surface area contributed by atoms with Crippen molar-refractivity contribution < 1.29 is 4.79 Å². The van der Waals surface area contributed by atoms with Crippen LogP contribution in [0, 0.1) is 12.3 Å². The van der Waals surface area contributed by atoms with E-state index in [4.69, 9.17) is 6.42 Å². The molecule has 4 heteroatoms. The van der Waals surface area contributed by atoms with Crippen LogP contribution < -0.4 is 0 Å². The summed E-state index contributed by atoms with van der Waals surface area (Å²) in [6.45, 7) is 0. The van der Waals surface area contributed by atoms with Crippen LogP contribution in [0.5, 0.6) is 0 Å². The molecule has 0 aliphatic carbocycles. The number of carbonyl (C=O) groups is 1. The zero-order valence-electron chi connectivity index (χ0n) is 6.66. The highest BCUT2D eigenvalue weighted by molar-refractivity contribution is 7.96. The Morgan fingerprint density at radius 2 is 2.17 bits per heavy atom. The van der Waals surface area contributed by atoms with Crippen LogP contribution in [-0.4, -0.2) is 10.8 Å². The van der Waals surface area contributed by atoms with E-state index in [1.807, 2.05) is 0 Å². The number of hydrogen-bond acceptors (Lipinski definition) is 3. The standard InChI is InChI=1S/C8H10N2OS/c1-2-3-5-8(9-10-8)6-4-7(11)12/h1H,3-6H2,(H,11,12). The van der Waals surface area contributed by atoms with Gasteiger partial charge in [-0.15, -0.1) is 25.0 Å². The van der Waals surface area contributed by atoms with Gasteiger partial charge in [0, 0.05) is 25.7 Å². The van der Waals surface area contributed by atoms with Crippen LogP contribution in [-0.2, 0) is 4.79 Å². The number of hydrogen-bond donors (Lipinski definition) is 1. The second kappa shape index (κ2) is 3.72. The number of terminal acetylenes is 1. The van der Waals surface area contributed by atoms with Gasteiger partial charge in [0.2, 0.25) is 0 Å². The van der Waals surface area contributed by atoms with E-state index in [0.29, 0.717) is 19.3 Å². The Kier molecular flexibility index (Phi) is 2.88. The second-order valence-corrected chi connectivity index (χ2v) is 3.28. The minimum Gasteiger partial charge on any atom is -0.288 e. The van der Waals surface area contributed by atoms with E-state index in [0.717, 1.165) is 6.42 Å². The Bertz CT molecular complexity index is 248. The van der Waals surface area contributed by atoms with Gasteiger partial charge in [-0.05, 0) is 0 Å². The van der Waals surface area contributed by atoms with Crippen molar-refractivity contribution in [2.75, 3.05) is 0 Å². The van der Waals surface area contributed by atoms with Gasteiger partial charge in [-0.25, -0.2) is 0 Å². The fraction of sp³-hybridized carbons (Fsp3) is 0.625. The van der Waals surface area contributed by atoms with E-state index in [-0.39, 0.29) is 10.8 Å². The summed E-state index contributed by atoms with van der Waals surface area (Å²) in [5.74, 6) is 2.53. The highest BCUT2D eigenvalue weighted by Gasteiger charge is 2.38. The van der Waals surface area contributed by atoms with Crippen molar-refractivity contribution in [2.45, 2.75) is 31.3 Å². The minimum absolute atomic E-state index is 0.118. The Morgan fingerprint density at radius 3 is 2.58 bits per heavy atom. The Balaban J connectivity index is 2.22.